The first-order valence-corrected chi connectivity index (χ1v) is 12.0. The summed E-state index contributed by atoms with van der Waals surface area (Å²) < 4.78 is 22.5. The van der Waals surface area contributed by atoms with Gasteiger partial charge in [0.25, 0.3) is 0 Å². The van der Waals surface area contributed by atoms with E-state index in [9.17, 15) is 9.59 Å². The minimum absolute atomic E-state index is 0.169. The lowest BCUT2D eigenvalue weighted by atomic mass is 9.95. The maximum atomic E-state index is 13.4. The van der Waals surface area contributed by atoms with Gasteiger partial charge < -0.3 is 29.6 Å². The highest BCUT2D eigenvalue weighted by Gasteiger charge is 2.29. The van der Waals surface area contributed by atoms with Crippen molar-refractivity contribution in [1.29, 1.82) is 0 Å². The molecule has 0 saturated carbocycles. The van der Waals surface area contributed by atoms with Crippen LogP contribution < -0.4 is 35.0 Å². The number of benzene rings is 2. The van der Waals surface area contributed by atoms with Gasteiger partial charge in [-0.05, 0) is 53.8 Å². The molecule has 8 heteroatoms. The van der Waals surface area contributed by atoms with E-state index in [0.29, 0.717) is 42.3 Å². The van der Waals surface area contributed by atoms with Gasteiger partial charge in [0, 0.05) is 24.6 Å². The Balaban J connectivity index is 1.89. The van der Waals surface area contributed by atoms with E-state index in [0.717, 1.165) is 33.6 Å². The number of aryl methyl sites for hydroxylation is 1. The maximum absolute atomic E-state index is 13.4. The summed E-state index contributed by atoms with van der Waals surface area (Å²) in [5.74, 6) is 2.11. The molecule has 0 unspecified atom stereocenters. The number of nitrogens with one attached hydrogen (secondary N) is 2. The lowest BCUT2D eigenvalue weighted by Crippen LogP contribution is -2.26. The Hall–Kier alpha value is -4.20. The summed E-state index contributed by atoms with van der Waals surface area (Å²) in [4.78, 5) is 25.5. The molecule has 1 atom stereocenters. The minimum Gasteiger partial charge on any atom is -0.496 e. The molecule has 8 nitrogen and oxygen atoms in total. The van der Waals surface area contributed by atoms with Crippen molar-refractivity contribution in [2.75, 3.05) is 33.8 Å². The number of methoxy groups -OCH3 is 4. The monoisotopic (exact) mass is 504 g/mol. The minimum atomic E-state index is -0.358. The first-order valence-electron chi connectivity index (χ1n) is 12.0. The average Bonchev–Trinajstić information content (AvgIpc) is 3.14. The van der Waals surface area contributed by atoms with Crippen LogP contribution in [0.1, 0.15) is 36.1 Å². The molecule has 0 saturated heterocycles. The van der Waals surface area contributed by atoms with Crippen LogP contribution in [0, 0.1) is 0 Å². The second-order valence-corrected chi connectivity index (χ2v) is 8.76. The number of amides is 1. The fourth-order valence-electron chi connectivity index (χ4n) is 4.89. The Labute approximate surface area is 216 Å². The molecule has 0 fully saturated rings. The molecule has 1 amide bonds. The normalized spacial score (nSPS) is 13.9. The SMILES string of the molecule is COc1ccccc1CNc1ccc2c(cc1=O)[C@H](NC(C)=O)CCc1cc(OC)c(OC)c(OC)c1-2. The average molecular weight is 505 g/mol. The first-order chi connectivity index (χ1) is 17.9. The largest absolute Gasteiger partial charge is 0.496 e. The summed E-state index contributed by atoms with van der Waals surface area (Å²) in [6, 6.07) is 14.5. The third-order valence-corrected chi connectivity index (χ3v) is 6.58. The fraction of sp³-hybridized carbons (Fsp3) is 0.310. The second kappa shape index (κ2) is 11.2. The van der Waals surface area contributed by atoms with Crippen LogP contribution in [-0.2, 0) is 17.8 Å². The number of hydrogen-bond donors (Lipinski definition) is 2. The third kappa shape index (κ3) is 5.18. The molecule has 0 aliphatic heterocycles. The number of anilines is 1. The van der Waals surface area contributed by atoms with Crippen molar-refractivity contribution in [3.05, 3.63) is 75.4 Å². The molecule has 4 rings (SSSR count). The van der Waals surface area contributed by atoms with Gasteiger partial charge in [-0.3, -0.25) is 9.59 Å². The second-order valence-electron chi connectivity index (χ2n) is 8.76. The van der Waals surface area contributed by atoms with E-state index in [1.165, 1.54) is 6.92 Å². The summed E-state index contributed by atoms with van der Waals surface area (Å²) in [5, 5.41) is 6.28. The number of para-hydroxylation sites is 1. The number of ether oxygens (including phenoxy) is 4. The van der Waals surface area contributed by atoms with E-state index >= 15 is 0 Å². The molecule has 0 bridgehead atoms. The van der Waals surface area contributed by atoms with Crippen molar-refractivity contribution in [3.63, 3.8) is 0 Å². The van der Waals surface area contributed by atoms with Crippen LogP contribution >= 0.6 is 0 Å². The summed E-state index contributed by atoms with van der Waals surface area (Å²) in [6.07, 6.45) is 1.24. The van der Waals surface area contributed by atoms with Crippen molar-refractivity contribution < 1.29 is 23.7 Å². The summed E-state index contributed by atoms with van der Waals surface area (Å²) in [7, 11) is 6.34. The Bertz CT molecular complexity index is 1370. The zero-order valence-electron chi connectivity index (χ0n) is 21.8. The van der Waals surface area contributed by atoms with E-state index in [-0.39, 0.29) is 17.4 Å². The number of fused-ring (bicyclic) bond motifs is 3. The van der Waals surface area contributed by atoms with Gasteiger partial charge in [0.15, 0.2) is 11.5 Å². The highest BCUT2D eigenvalue weighted by molar-refractivity contribution is 5.83. The van der Waals surface area contributed by atoms with E-state index in [1.54, 1.807) is 40.6 Å². The smallest absolute Gasteiger partial charge is 0.217 e. The Morgan fingerprint density at radius 1 is 0.919 bits per heavy atom. The zero-order chi connectivity index (χ0) is 26.5. The number of rotatable bonds is 8. The number of carbonyl (C=O) groups is 1. The number of hydrogen-bond acceptors (Lipinski definition) is 7. The Morgan fingerprint density at radius 3 is 2.32 bits per heavy atom. The zero-order valence-corrected chi connectivity index (χ0v) is 21.8. The molecule has 2 N–H and O–H groups in total. The van der Waals surface area contributed by atoms with Crippen LogP contribution in [0.4, 0.5) is 5.69 Å². The van der Waals surface area contributed by atoms with E-state index in [1.807, 2.05) is 36.4 Å². The topological polar surface area (TPSA) is 95.1 Å². The van der Waals surface area contributed by atoms with Crippen molar-refractivity contribution >= 4 is 11.6 Å². The quantitative estimate of drug-likeness (QED) is 0.467. The van der Waals surface area contributed by atoms with Crippen LogP contribution in [0.5, 0.6) is 23.0 Å². The third-order valence-electron chi connectivity index (χ3n) is 6.58. The van der Waals surface area contributed by atoms with Gasteiger partial charge in [-0.2, -0.15) is 0 Å². The van der Waals surface area contributed by atoms with E-state index < -0.39 is 0 Å². The van der Waals surface area contributed by atoms with Crippen molar-refractivity contribution in [2.24, 2.45) is 0 Å². The van der Waals surface area contributed by atoms with E-state index in [2.05, 4.69) is 10.6 Å². The molecule has 3 aromatic rings. The summed E-state index contributed by atoms with van der Waals surface area (Å²) in [5.41, 5.74) is 4.47. The molecular formula is C29H32N2O6. The van der Waals surface area contributed by atoms with Crippen LogP contribution in [-0.4, -0.2) is 34.3 Å². The molecule has 0 radical (unpaired) electrons. The van der Waals surface area contributed by atoms with Crippen molar-refractivity contribution in [1.82, 2.24) is 5.32 Å². The molecule has 1 aliphatic rings. The molecule has 0 spiro atoms. The highest BCUT2D eigenvalue weighted by Crippen LogP contribution is 2.50. The molecule has 0 heterocycles. The van der Waals surface area contributed by atoms with Crippen LogP contribution in [0.3, 0.4) is 0 Å². The molecule has 0 aromatic heterocycles. The fourth-order valence-corrected chi connectivity index (χ4v) is 4.89. The predicted molar refractivity (Wildman–Crippen MR) is 143 cm³/mol. The van der Waals surface area contributed by atoms with Gasteiger partial charge in [0.2, 0.25) is 17.1 Å². The lowest BCUT2D eigenvalue weighted by molar-refractivity contribution is -0.119. The summed E-state index contributed by atoms with van der Waals surface area (Å²) >= 11 is 0. The lowest BCUT2D eigenvalue weighted by Gasteiger charge is -2.19. The Kier molecular flexibility index (Phi) is 7.86. The molecular weight excluding hydrogens is 472 g/mol. The maximum Gasteiger partial charge on any atom is 0.217 e. The van der Waals surface area contributed by atoms with Crippen molar-refractivity contribution in [2.45, 2.75) is 32.4 Å². The van der Waals surface area contributed by atoms with Gasteiger partial charge >= 0.3 is 0 Å². The van der Waals surface area contributed by atoms with Gasteiger partial charge in [-0.15, -0.1) is 0 Å². The van der Waals surface area contributed by atoms with Gasteiger partial charge in [-0.25, -0.2) is 0 Å². The van der Waals surface area contributed by atoms with Gasteiger partial charge in [0.1, 0.15) is 5.75 Å². The van der Waals surface area contributed by atoms with E-state index in [4.69, 9.17) is 18.9 Å². The molecule has 1 aliphatic carbocycles. The standard InChI is InChI=1S/C29H32N2O6/c1-17(32)31-22-12-10-18-14-26(35-3)28(36-4)29(37-5)27(18)20-11-13-23(24(33)15-21(20)22)30-16-19-8-6-7-9-25(19)34-2/h6-9,11,13-15,22H,10,12,16H2,1-5H3,(H,30,33)(H,31,32)/t22-/m1/s1. The van der Waals surface area contributed by atoms with Crippen LogP contribution in [0.2, 0.25) is 0 Å². The van der Waals surface area contributed by atoms with Crippen LogP contribution in [0.25, 0.3) is 11.1 Å². The Morgan fingerprint density at radius 2 is 1.65 bits per heavy atom. The predicted octanol–water partition coefficient (Wildman–Crippen LogP) is 4.48. The van der Waals surface area contributed by atoms with Gasteiger partial charge in [-0.1, -0.05) is 24.3 Å². The molecule has 3 aromatic carbocycles. The first kappa shape index (κ1) is 25.9. The highest BCUT2D eigenvalue weighted by atomic mass is 16.5. The van der Waals surface area contributed by atoms with Crippen LogP contribution in [0.15, 0.2) is 53.3 Å². The summed E-state index contributed by atoms with van der Waals surface area (Å²) in [6.45, 7) is 1.89. The van der Waals surface area contributed by atoms with Crippen molar-refractivity contribution in [3.8, 4) is 34.1 Å². The number of carbonyl (C=O) groups excluding carboxylic acids is 1. The molecule has 194 valence electrons. The van der Waals surface area contributed by atoms with Gasteiger partial charge in [0.05, 0.1) is 40.2 Å². The molecule has 37 heavy (non-hydrogen) atoms.